The van der Waals surface area contributed by atoms with Crippen molar-refractivity contribution in [1.82, 2.24) is 20.2 Å². The summed E-state index contributed by atoms with van der Waals surface area (Å²) in [6, 6.07) is 16.9. The van der Waals surface area contributed by atoms with E-state index in [1.54, 1.807) is 41.1 Å². The lowest BCUT2D eigenvalue weighted by molar-refractivity contribution is -0.126. The smallest absolute Gasteiger partial charge is 0.250 e. The van der Waals surface area contributed by atoms with Crippen molar-refractivity contribution in [3.63, 3.8) is 0 Å². The molecule has 0 spiro atoms. The Balaban J connectivity index is 1.49. The molecule has 42 heavy (non-hydrogen) atoms. The molecule has 1 atom stereocenters. The number of amides is 2. The van der Waals surface area contributed by atoms with Gasteiger partial charge in [-0.15, -0.1) is 11.3 Å². The summed E-state index contributed by atoms with van der Waals surface area (Å²) in [5.41, 5.74) is 2.68. The van der Waals surface area contributed by atoms with Crippen LogP contribution in [0.4, 0.5) is 0 Å². The maximum absolute atomic E-state index is 13.8. The molecule has 0 radical (unpaired) electrons. The Morgan fingerprint density at radius 3 is 2.60 bits per heavy atom. The molecule has 2 aromatic heterocycles. The summed E-state index contributed by atoms with van der Waals surface area (Å²) < 4.78 is 29.8. The zero-order chi connectivity index (χ0) is 30.0. The number of benzene rings is 2. The van der Waals surface area contributed by atoms with Crippen molar-refractivity contribution in [2.45, 2.75) is 49.8 Å². The average molecular weight is 604 g/mol. The van der Waals surface area contributed by atoms with Crippen molar-refractivity contribution in [2.24, 2.45) is 0 Å². The molecule has 2 amide bonds. The molecule has 1 aliphatic rings. The molecule has 0 aliphatic heterocycles. The molecular weight excluding hydrogens is 574 g/mol. The number of hydrogen-bond donors (Lipinski definition) is 2. The van der Waals surface area contributed by atoms with E-state index in [0.717, 1.165) is 35.3 Å². The molecule has 0 saturated heterocycles. The van der Waals surface area contributed by atoms with Crippen LogP contribution in [-0.4, -0.2) is 42.4 Å². The molecule has 2 heterocycles. The monoisotopic (exact) mass is 603 g/mol. The minimum Gasteiger partial charge on any atom is -0.352 e. The number of hydrogen-bond acceptors (Lipinski definition) is 8. The molecule has 2 aromatic carbocycles. The second kappa shape index (κ2) is 11.9. The summed E-state index contributed by atoms with van der Waals surface area (Å²) in [6.07, 6.45) is 3.54. The summed E-state index contributed by atoms with van der Waals surface area (Å²) in [7, 11) is -4.18. The fourth-order valence-corrected chi connectivity index (χ4v) is 7.71. The number of carbonyl (C=O) groups is 2. The summed E-state index contributed by atoms with van der Waals surface area (Å²) in [6.45, 7) is 3.48. The Labute approximate surface area is 246 Å². The predicted molar refractivity (Wildman–Crippen MR) is 160 cm³/mol. The van der Waals surface area contributed by atoms with Crippen molar-refractivity contribution >= 4 is 43.2 Å². The third-order valence-electron chi connectivity index (χ3n) is 6.84. The van der Waals surface area contributed by atoms with E-state index in [1.807, 2.05) is 32.0 Å². The fourth-order valence-electron chi connectivity index (χ4n) is 4.55. The Morgan fingerprint density at radius 2 is 1.88 bits per heavy atom. The average Bonchev–Trinajstić information content (AvgIpc) is 3.67. The van der Waals surface area contributed by atoms with Gasteiger partial charge in [0, 0.05) is 24.3 Å². The van der Waals surface area contributed by atoms with Gasteiger partial charge >= 0.3 is 0 Å². The van der Waals surface area contributed by atoms with E-state index >= 15 is 0 Å². The molecular formula is C30H29N5O5S2. The second-order valence-corrected chi connectivity index (χ2v) is 13.7. The van der Waals surface area contributed by atoms with Gasteiger partial charge < -0.3 is 15.2 Å². The Morgan fingerprint density at radius 1 is 1.12 bits per heavy atom. The standard InChI is InChI=1S/C30H29N5O5S2/c1-18(2)35-16-22(7-11-27(35)37)21-6-10-24-25(13-21)41-30(34-24)28(29(38)32-15-26(36)33-23-8-9-23)42(39,40)17-20-5-3-4-19(12-20)14-31/h3-7,10-13,16,18,23,28H,8-9,15,17H2,1-2H3,(H,32,38)(H,33,36). The van der Waals surface area contributed by atoms with Gasteiger partial charge in [0.1, 0.15) is 5.01 Å². The molecule has 12 heteroatoms. The van der Waals surface area contributed by atoms with E-state index < -0.39 is 26.7 Å². The molecule has 1 fully saturated rings. The van der Waals surface area contributed by atoms with Crippen LogP contribution in [0.5, 0.6) is 0 Å². The highest BCUT2D eigenvalue weighted by atomic mass is 32.2. The maximum atomic E-state index is 13.8. The first-order valence-corrected chi connectivity index (χ1v) is 16.0. The number of nitriles is 1. The quantitative estimate of drug-likeness (QED) is 0.281. The number of nitrogens with zero attached hydrogens (tertiary/aromatic N) is 3. The van der Waals surface area contributed by atoms with Gasteiger partial charge in [0.05, 0.1) is 34.1 Å². The molecule has 5 rings (SSSR count). The van der Waals surface area contributed by atoms with E-state index in [-0.39, 0.29) is 35.1 Å². The number of carbonyl (C=O) groups excluding carboxylic acids is 2. The van der Waals surface area contributed by atoms with Crippen LogP contribution in [0.3, 0.4) is 0 Å². The van der Waals surface area contributed by atoms with Crippen molar-refractivity contribution in [1.29, 1.82) is 5.26 Å². The number of fused-ring (bicyclic) bond motifs is 1. The molecule has 4 aromatic rings. The number of thiazole rings is 1. The minimum absolute atomic E-state index is 0.0270. The highest BCUT2D eigenvalue weighted by Crippen LogP contribution is 2.35. The van der Waals surface area contributed by atoms with Crippen molar-refractivity contribution in [2.75, 3.05) is 6.54 Å². The lowest BCUT2D eigenvalue weighted by Gasteiger charge is -2.16. The Bertz CT molecular complexity index is 1880. The zero-order valence-corrected chi connectivity index (χ0v) is 24.7. The molecule has 1 aliphatic carbocycles. The first kappa shape index (κ1) is 29.2. The third kappa shape index (κ3) is 6.58. The van der Waals surface area contributed by atoms with Crippen LogP contribution in [-0.2, 0) is 25.2 Å². The maximum Gasteiger partial charge on any atom is 0.250 e. The number of nitrogens with one attached hydrogen (secondary N) is 2. The number of aromatic nitrogens is 2. The fraction of sp³-hybridized carbons (Fsp3) is 0.300. The van der Waals surface area contributed by atoms with Crippen molar-refractivity contribution in [3.8, 4) is 17.2 Å². The first-order valence-electron chi connectivity index (χ1n) is 13.4. The second-order valence-electron chi connectivity index (χ2n) is 10.6. The van der Waals surface area contributed by atoms with Gasteiger partial charge in [0.2, 0.25) is 11.8 Å². The summed E-state index contributed by atoms with van der Waals surface area (Å²) in [4.78, 5) is 42.4. The lowest BCUT2D eigenvalue weighted by Crippen LogP contribution is -2.41. The van der Waals surface area contributed by atoms with Gasteiger partial charge in [-0.25, -0.2) is 13.4 Å². The van der Waals surface area contributed by atoms with Crippen molar-refractivity contribution in [3.05, 3.63) is 87.3 Å². The SMILES string of the molecule is CC(C)n1cc(-c2ccc3nc(C(C(=O)NCC(=O)NC4CC4)S(=O)(=O)Cc4cccc(C#N)c4)sc3c2)ccc1=O. The van der Waals surface area contributed by atoms with Gasteiger partial charge in [-0.3, -0.25) is 14.4 Å². The van der Waals surface area contributed by atoms with E-state index in [9.17, 15) is 28.1 Å². The molecule has 1 saturated carbocycles. The molecule has 216 valence electrons. The zero-order valence-electron chi connectivity index (χ0n) is 23.0. The van der Waals surface area contributed by atoms with Crippen LogP contribution in [0.15, 0.2) is 65.6 Å². The van der Waals surface area contributed by atoms with Gasteiger partial charge in [0.25, 0.3) is 5.56 Å². The summed E-state index contributed by atoms with van der Waals surface area (Å²) in [5, 5.41) is 12.9. The van der Waals surface area contributed by atoms with Crippen LogP contribution in [0.1, 0.15) is 54.1 Å². The van der Waals surface area contributed by atoms with E-state index in [4.69, 9.17) is 0 Å². The number of rotatable bonds is 10. The largest absolute Gasteiger partial charge is 0.352 e. The highest BCUT2D eigenvalue weighted by Gasteiger charge is 2.37. The first-order chi connectivity index (χ1) is 20.0. The van der Waals surface area contributed by atoms with Crippen LogP contribution < -0.4 is 16.2 Å². The van der Waals surface area contributed by atoms with Crippen LogP contribution in [0.2, 0.25) is 0 Å². The summed E-state index contributed by atoms with van der Waals surface area (Å²) >= 11 is 1.08. The normalized spacial score (nSPS) is 14.0. The number of pyridine rings is 1. The molecule has 10 nitrogen and oxygen atoms in total. The van der Waals surface area contributed by atoms with Crippen LogP contribution in [0, 0.1) is 11.3 Å². The van der Waals surface area contributed by atoms with Gasteiger partial charge in [-0.2, -0.15) is 5.26 Å². The van der Waals surface area contributed by atoms with E-state index in [2.05, 4.69) is 15.6 Å². The van der Waals surface area contributed by atoms with E-state index in [0.29, 0.717) is 21.3 Å². The minimum atomic E-state index is -4.18. The van der Waals surface area contributed by atoms with Gasteiger partial charge in [-0.05, 0) is 73.7 Å². The Hall–Kier alpha value is -4.34. The van der Waals surface area contributed by atoms with Gasteiger partial charge in [0.15, 0.2) is 15.1 Å². The molecule has 2 N–H and O–H groups in total. The number of sulfone groups is 1. The summed E-state index contributed by atoms with van der Waals surface area (Å²) in [5.74, 6) is -1.73. The van der Waals surface area contributed by atoms with Crippen molar-refractivity contribution < 1.29 is 18.0 Å². The van der Waals surface area contributed by atoms with Gasteiger partial charge in [-0.1, -0.05) is 18.2 Å². The highest BCUT2D eigenvalue weighted by molar-refractivity contribution is 7.91. The molecule has 0 bridgehead atoms. The van der Waals surface area contributed by atoms with E-state index in [1.165, 1.54) is 12.1 Å². The van der Waals surface area contributed by atoms with Crippen LogP contribution in [0.25, 0.3) is 21.3 Å². The lowest BCUT2D eigenvalue weighted by atomic mass is 10.1. The third-order valence-corrected chi connectivity index (χ3v) is 9.97. The topological polar surface area (TPSA) is 151 Å². The van der Waals surface area contributed by atoms with Crippen LogP contribution >= 0.6 is 11.3 Å². The Kier molecular flexibility index (Phi) is 8.24. The molecule has 1 unspecified atom stereocenters. The predicted octanol–water partition coefficient (Wildman–Crippen LogP) is 3.63.